The third-order valence-electron chi connectivity index (χ3n) is 5.84. The van der Waals surface area contributed by atoms with Gasteiger partial charge in [-0.1, -0.05) is 43.0 Å². The van der Waals surface area contributed by atoms with E-state index in [1.165, 1.54) is 10.7 Å². The quantitative estimate of drug-likeness (QED) is 0.806. The van der Waals surface area contributed by atoms with E-state index in [0.29, 0.717) is 11.4 Å². The van der Waals surface area contributed by atoms with E-state index < -0.39 is 16.1 Å². The number of amides is 1. The Morgan fingerprint density at radius 2 is 1.67 bits per heavy atom. The summed E-state index contributed by atoms with van der Waals surface area (Å²) in [4.78, 5) is 13.1. The molecule has 2 aliphatic rings. The molecular formula is C23H28N2O4S. The number of carbonyl (C=O) groups excluding carboxylic acids is 1. The van der Waals surface area contributed by atoms with E-state index in [1.54, 1.807) is 36.4 Å². The average Bonchev–Trinajstić information content (AvgIpc) is 2.74. The molecule has 1 amide bonds. The number of carbonyl (C=O) groups is 1. The van der Waals surface area contributed by atoms with Crippen molar-refractivity contribution in [2.24, 2.45) is 0 Å². The van der Waals surface area contributed by atoms with Gasteiger partial charge in [0.15, 0.2) is 6.10 Å². The van der Waals surface area contributed by atoms with E-state index >= 15 is 0 Å². The van der Waals surface area contributed by atoms with Gasteiger partial charge in [0.25, 0.3) is 15.9 Å². The van der Waals surface area contributed by atoms with Crippen molar-refractivity contribution >= 4 is 21.6 Å². The summed E-state index contributed by atoms with van der Waals surface area (Å²) in [6, 6.07) is 12.3. The van der Waals surface area contributed by atoms with Gasteiger partial charge >= 0.3 is 0 Å². The summed E-state index contributed by atoms with van der Waals surface area (Å²) in [5.41, 5.74) is 2.38. The predicted octanol–water partition coefficient (Wildman–Crippen LogP) is 3.71. The number of anilines is 1. The van der Waals surface area contributed by atoms with E-state index in [1.807, 2.05) is 19.9 Å². The Labute approximate surface area is 178 Å². The molecule has 160 valence electrons. The van der Waals surface area contributed by atoms with Crippen LogP contribution < -0.4 is 14.4 Å². The summed E-state index contributed by atoms with van der Waals surface area (Å²) >= 11 is 0. The van der Waals surface area contributed by atoms with Crippen LogP contribution >= 0.6 is 0 Å². The summed E-state index contributed by atoms with van der Waals surface area (Å²) in [7, 11) is -3.84. The minimum Gasteiger partial charge on any atom is -0.476 e. The number of sulfonamides is 1. The number of nitrogens with zero attached hydrogens (tertiary/aromatic N) is 1. The fraction of sp³-hybridized carbons (Fsp3) is 0.435. The van der Waals surface area contributed by atoms with Gasteiger partial charge in [0.1, 0.15) is 5.75 Å². The molecule has 1 aliphatic heterocycles. The molecule has 1 N–H and O–H groups in total. The number of aryl methyl sites for hydroxylation is 2. The van der Waals surface area contributed by atoms with Gasteiger partial charge < -0.3 is 10.1 Å². The van der Waals surface area contributed by atoms with E-state index in [2.05, 4.69) is 5.32 Å². The maximum atomic E-state index is 13.5. The van der Waals surface area contributed by atoms with E-state index in [-0.39, 0.29) is 23.4 Å². The maximum Gasteiger partial charge on any atom is 0.264 e. The first-order valence-corrected chi connectivity index (χ1v) is 12.0. The molecule has 0 spiro atoms. The minimum absolute atomic E-state index is 0.0504. The molecule has 1 aliphatic carbocycles. The molecule has 4 rings (SSSR count). The van der Waals surface area contributed by atoms with Gasteiger partial charge in [0, 0.05) is 6.04 Å². The van der Waals surface area contributed by atoms with Crippen LogP contribution in [-0.4, -0.2) is 33.0 Å². The second-order valence-corrected chi connectivity index (χ2v) is 10.1. The molecule has 2 aromatic carbocycles. The van der Waals surface area contributed by atoms with Crippen LogP contribution in [0.5, 0.6) is 5.75 Å². The lowest BCUT2D eigenvalue weighted by atomic mass is 9.95. The topological polar surface area (TPSA) is 75.7 Å². The third-order valence-corrected chi connectivity index (χ3v) is 7.63. The van der Waals surface area contributed by atoms with Crippen LogP contribution in [0.3, 0.4) is 0 Å². The van der Waals surface area contributed by atoms with E-state index in [4.69, 9.17) is 4.74 Å². The number of benzene rings is 2. The van der Waals surface area contributed by atoms with Crippen LogP contribution in [-0.2, 0) is 14.8 Å². The molecule has 6 nitrogen and oxygen atoms in total. The number of hydrogen-bond donors (Lipinski definition) is 1. The van der Waals surface area contributed by atoms with Crippen LogP contribution in [0.2, 0.25) is 0 Å². The van der Waals surface area contributed by atoms with Crippen molar-refractivity contribution in [1.82, 2.24) is 5.32 Å². The second-order valence-electron chi connectivity index (χ2n) is 8.27. The second kappa shape index (κ2) is 8.30. The van der Waals surface area contributed by atoms with Crippen molar-refractivity contribution in [3.05, 3.63) is 53.6 Å². The molecule has 0 saturated heterocycles. The number of fused-ring (bicyclic) bond motifs is 1. The monoisotopic (exact) mass is 428 g/mol. The molecule has 0 radical (unpaired) electrons. The highest BCUT2D eigenvalue weighted by molar-refractivity contribution is 7.92. The lowest BCUT2D eigenvalue weighted by Gasteiger charge is -2.36. The van der Waals surface area contributed by atoms with E-state index in [0.717, 1.165) is 36.8 Å². The van der Waals surface area contributed by atoms with Crippen molar-refractivity contribution in [3.63, 3.8) is 0 Å². The number of nitrogens with one attached hydrogen (secondary N) is 1. The molecule has 1 saturated carbocycles. The standard InChI is InChI=1S/C23H28N2O4S/c1-16-8-11-19(12-9-16)30(27,28)25-15-22(23(26)24-18-6-4-3-5-7-18)29-21-13-10-17(2)14-20(21)25/h8-14,18,22H,3-7,15H2,1-2H3,(H,24,26)/t22-/m0/s1. The Morgan fingerprint density at radius 3 is 2.37 bits per heavy atom. The van der Waals surface area contributed by atoms with Crippen molar-refractivity contribution < 1.29 is 17.9 Å². The molecule has 1 atom stereocenters. The van der Waals surface area contributed by atoms with Gasteiger partial charge in [0.2, 0.25) is 0 Å². The SMILES string of the molecule is Cc1ccc(S(=O)(=O)N2C[C@@H](C(=O)NC3CCCCC3)Oc3ccc(C)cc32)cc1. The number of hydrogen-bond acceptors (Lipinski definition) is 4. The Kier molecular flexibility index (Phi) is 5.73. The molecule has 2 aromatic rings. The van der Waals surface area contributed by atoms with Gasteiger partial charge in [-0.15, -0.1) is 0 Å². The van der Waals surface area contributed by atoms with Gasteiger partial charge in [-0.3, -0.25) is 9.10 Å². The summed E-state index contributed by atoms with van der Waals surface area (Å²) in [6.07, 6.45) is 4.43. The Morgan fingerprint density at radius 1 is 1.00 bits per heavy atom. The normalized spacial score (nSPS) is 19.7. The zero-order chi connectivity index (χ0) is 21.3. The molecule has 1 heterocycles. The molecule has 0 aromatic heterocycles. The van der Waals surface area contributed by atoms with Gasteiger partial charge in [-0.05, 0) is 56.5 Å². The Balaban J connectivity index is 1.65. The third kappa shape index (κ3) is 4.17. The number of rotatable bonds is 4. The van der Waals surface area contributed by atoms with Crippen molar-refractivity contribution in [3.8, 4) is 5.75 Å². The van der Waals surface area contributed by atoms with Gasteiger partial charge in [-0.25, -0.2) is 8.42 Å². The highest BCUT2D eigenvalue weighted by Gasteiger charge is 2.38. The van der Waals surface area contributed by atoms with E-state index in [9.17, 15) is 13.2 Å². The van der Waals surface area contributed by atoms with Crippen LogP contribution in [0.15, 0.2) is 47.4 Å². The highest BCUT2D eigenvalue weighted by atomic mass is 32.2. The summed E-state index contributed by atoms with van der Waals surface area (Å²) in [6.45, 7) is 3.76. The predicted molar refractivity (Wildman–Crippen MR) is 116 cm³/mol. The first-order valence-electron chi connectivity index (χ1n) is 10.5. The van der Waals surface area contributed by atoms with Crippen molar-refractivity contribution in [2.75, 3.05) is 10.8 Å². The molecule has 30 heavy (non-hydrogen) atoms. The molecular weight excluding hydrogens is 400 g/mol. The van der Waals surface area contributed by atoms with Crippen LogP contribution in [0.4, 0.5) is 5.69 Å². The molecule has 7 heteroatoms. The zero-order valence-corrected chi connectivity index (χ0v) is 18.2. The maximum absolute atomic E-state index is 13.5. The van der Waals surface area contributed by atoms with Crippen LogP contribution in [0.1, 0.15) is 43.2 Å². The van der Waals surface area contributed by atoms with Gasteiger partial charge in [0.05, 0.1) is 17.1 Å². The smallest absolute Gasteiger partial charge is 0.264 e. The highest BCUT2D eigenvalue weighted by Crippen LogP contribution is 2.38. The summed E-state index contributed by atoms with van der Waals surface area (Å²) in [5.74, 6) is 0.156. The van der Waals surface area contributed by atoms with Crippen molar-refractivity contribution in [1.29, 1.82) is 0 Å². The minimum atomic E-state index is -3.84. The average molecular weight is 429 g/mol. The zero-order valence-electron chi connectivity index (χ0n) is 17.4. The Bertz CT molecular complexity index is 1030. The number of ether oxygens (including phenoxy) is 1. The lowest BCUT2D eigenvalue weighted by Crippen LogP contribution is -2.52. The first-order chi connectivity index (χ1) is 14.3. The fourth-order valence-corrected chi connectivity index (χ4v) is 5.57. The summed E-state index contributed by atoms with van der Waals surface area (Å²) < 4.78 is 34.2. The molecule has 0 unspecified atom stereocenters. The molecule has 1 fully saturated rings. The first kappa shape index (κ1) is 20.7. The van der Waals surface area contributed by atoms with Crippen molar-refractivity contribution in [2.45, 2.75) is 63.0 Å². The fourth-order valence-electron chi connectivity index (χ4n) is 4.10. The van der Waals surface area contributed by atoms with Crippen LogP contribution in [0.25, 0.3) is 0 Å². The largest absolute Gasteiger partial charge is 0.476 e. The Hall–Kier alpha value is -2.54. The van der Waals surface area contributed by atoms with Gasteiger partial charge in [-0.2, -0.15) is 0 Å². The molecule has 0 bridgehead atoms. The van der Waals surface area contributed by atoms with Crippen LogP contribution in [0, 0.1) is 13.8 Å². The lowest BCUT2D eigenvalue weighted by molar-refractivity contribution is -0.128. The summed E-state index contributed by atoms with van der Waals surface area (Å²) in [5, 5.41) is 3.06.